The summed E-state index contributed by atoms with van der Waals surface area (Å²) in [6.07, 6.45) is 5.41. The van der Waals surface area contributed by atoms with Crippen molar-refractivity contribution < 1.29 is 4.79 Å². The Hall–Kier alpha value is -2.31. The van der Waals surface area contributed by atoms with Gasteiger partial charge in [0.05, 0.1) is 5.92 Å². The van der Waals surface area contributed by atoms with Gasteiger partial charge in [-0.3, -0.25) is 19.1 Å². The standard InChI is InChI=1S/C22H36N4O3/c1-7-9-11-25(20(28)16-15(13-14(3)4)22(16,5)6)17-18(23)26(12-10-8-2)21(29)24-19(17)27/h13,15-16H,7-12,23H2,1-6H3,(H,24,27,29). The molecule has 0 aromatic carbocycles. The van der Waals surface area contributed by atoms with E-state index in [1.165, 1.54) is 15.0 Å². The third kappa shape index (κ3) is 4.65. The van der Waals surface area contributed by atoms with E-state index in [0.717, 1.165) is 25.7 Å². The van der Waals surface area contributed by atoms with Crippen molar-refractivity contribution in [3.8, 4) is 0 Å². The van der Waals surface area contributed by atoms with Crippen molar-refractivity contribution in [1.29, 1.82) is 0 Å². The Labute approximate surface area is 173 Å². The molecule has 2 rings (SSSR count). The first-order valence-electron chi connectivity index (χ1n) is 10.7. The minimum absolute atomic E-state index is 0.0777. The number of unbranched alkanes of at least 4 members (excludes halogenated alkanes) is 2. The Morgan fingerprint density at radius 2 is 1.83 bits per heavy atom. The van der Waals surface area contributed by atoms with Crippen LogP contribution in [0.25, 0.3) is 0 Å². The van der Waals surface area contributed by atoms with Gasteiger partial charge in [-0.2, -0.15) is 0 Å². The molecule has 2 unspecified atom stereocenters. The molecule has 1 aliphatic carbocycles. The van der Waals surface area contributed by atoms with Gasteiger partial charge >= 0.3 is 5.69 Å². The van der Waals surface area contributed by atoms with Crippen LogP contribution in [0.2, 0.25) is 0 Å². The number of hydrogen-bond acceptors (Lipinski definition) is 4. The monoisotopic (exact) mass is 404 g/mol. The van der Waals surface area contributed by atoms with Crippen molar-refractivity contribution in [3.05, 3.63) is 32.5 Å². The molecule has 1 aromatic heterocycles. The van der Waals surface area contributed by atoms with Crippen molar-refractivity contribution in [2.24, 2.45) is 17.3 Å². The van der Waals surface area contributed by atoms with E-state index < -0.39 is 11.2 Å². The van der Waals surface area contributed by atoms with Crippen LogP contribution in [0.3, 0.4) is 0 Å². The van der Waals surface area contributed by atoms with E-state index in [9.17, 15) is 14.4 Å². The molecule has 1 saturated carbocycles. The Balaban J connectivity index is 2.51. The average molecular weight is 405 g/mol. The summed E-state index contributed by atoms with van der Waals surface area (Å²) in [5.41, 5.74) is 6.27. The first-order valence-corrected chi connectivity index (χ1v) is 10.7. The van der Waals surface area contributed by atoms with Gasteiger partial charge in [0.2, 0.25) is 5.91 Å². The zero-order valence-corrected chi connectivity index (χ0v) is 18.7. The summed E-state index contributed by atoms with van der Waals surface area (Å²) in [4.78, 5) is 42.4. The molecule has 2 atom stereocenters. The van der Waals surface area contributed by atoms with Gasteiger partial charge in [0.1, 0.15) is 5.82 Å². The molecule has 3 N–H and O–H groups in total. The molecule has 162 valence electrons. The van der Waals surface area contributed by atoms with Crippen LogP contribution < -0.4 is 21.9 Å². The minimum Gasteiger partial charge on any atom is -0.383 e. The van der Waals surface area contributed by atoms with E-state index in [4.69, 9.17) is 5.73 Å². The number of aromatic nitrogens is 2. The van der Waals surface area contributed by atoms with E-state index >= 15 is 0 Å². The number of amides is 1. The lowest BCUT2D eigenvalue weighted by atomic mass is 10.1. The van der Waals surface area contributed by atoms with E-state index in [1.807, 2.05) is 27.7 Å². The molecule has 29 heavy (non-hydrogen) atoms. The summed E-state index contributed by atoms with van der Waals surface area (Å²) >= 11 is 0. The average Bonchev–Trinajstić information content (AvgIpc) is 3.16. The first kappa shape index (κ1) is 23.0. The number of nitrogens with one attached hydrogen (secondary N) is 1. The molecule has 0 saturated heterocycles. The van der Waals surface area contributed by atoms with Crippen LogP contribution in [0.4, 0.5) is 11.5 Å². The van der Waals surface area contributed by atoms with Crippen molar-refractivity contribution in [3.63, 3.8) is 0 Å². The molecule has 1 aliphatic rings. The SMILES string of the molecule is CCCCN(C(=O)C1C(C=C(C)C)C1(C)C)c1c(N)n(CCCC)c(=O)[nH]c1=O. The topological polar surface area (TPSA) is 101 Å². The maximum atomic E-state index is 13.5. The van der Waals surface area contributed by atoms with Gasteiger partial charge in [-0.15, -0.1) is 0 Å². The molecule has 0 bridgehead atoms. The molecule has 1 amide bonds. The fraction of sp³-hybridized carbons (Fsp3) is 0.682. The summed E-state index contributed by atoms with van der Waals surface area (Å²) in [6.45, 7) is 13.1. The van der Waals surface area contributed by atoms with Crippen LogP contribution in [0, 0.1) is 17.3 Å². The number of nitrogens with two attached hydrogens (primary N) is 1. The second-order valence-corrected chi connectivity index (χ2v) is 8.91. The van der Waals surface area contributed by atoms with Gasteiger partial charge in [0, 0.05) is 13.1 Å². The molecular weight excluding hydrogens is 368 g/mol. The maximum absolute atomic E-state index is 13.5. The Kier molecular flexibility index (Phi) is 7.14. The molecule has 7 nitrogen and oxygen atoms in total. The van der Waals surface area contributed by atoms with Crippen LogP contribution in [0.5, 0.6) is 0 Å². The zero-order valence-electron chi connectivity index (χ0n) is 18.7. The number of H-pyrrole nitrogens is 1. The maximum Gasteiger partial charge on any atom is 0.330 e. The number of anilines is 2. The Morgan fingerprint density at radius 3 is 2.38 bits per heavy atom. The minimum atomic E-state index is -0.595. The fourth-order valence-electron chi connectivity index (χ4n) is 4.01. The number of rotatable bonds is 9. The summed E-state index contributed by atoms with van der Waals surface area (Å²) in [6, 6.07) is 0. The lowest BCUT2D eigenvalue weighted by Crippen LogP contribution is -2.42. The molecule has 0 spiro atoms. The summed E-state index contributed by atoms with van der Waals surface area (Å²) in [7, 11) is 0. The Morgan fingerprint density at radius 1 is 1.21 bits per heavy atom. The second-order valence-electron chi connectivity index (χ2n) is 8.91. The van der Waals surface area contributed by atoms with E-state index in [-0.39, 0.29) is 34.7 Å². The Bertz CT molecular complexity index is 890. The second kappa shape index (κ2) is 9.01. The van der Waals surface area contributed by atoms with E-state index in [0.29, 0.717) is 13.1 Å². The summed E-state index contributed by atoms with van der Waals surface area (Å²) in [5.74, 6) is -0.0859. The molecule has 0 aliphatic heterocycles. The predicted molar refractivity (Wildman–Crippen MR) is 118 cm³/mol. The smallest absolute Gasteiger partial charge is 0.330 e. The fourth-order valence-corrected chi connectivity index (χ4v) is 4.01. The number of allylic oxidation sites excluding steroid dienone is 2. The van der Waals surface area contributed by atoms with Gasteiger partial charge in [0.15, 0.2) is 5.69 Å². The number of nitrogens with zero attached hydrogens (tertiary/aromatic N) is 2. The van der Waals surface area contributed by atoms with E-state index in [2.05, 4.69) is 24.9 Å². The predicted octanol–water partition coefficient (Wildman–Crippen LogP) is 3.29. The number of hydrogen-bond donors (Lipinski definition) is 2. The largest absolute Gasteiger partial charge is 0.383 e. The van der Waals surface area contributed by atoms with Crippen LogP contribution in [0.15, 0.2) is 21.2 Å². The quantitative estimate of drug-likeness (QED) is 0.617. The number of aromatic amines is 1. The highest BCUT2D eigenvalue weighted by Crippen LogP contribution is 2.60. The third-order valence-electron chi connectivity index (χ3n) is 5.91. The highest BCUT2D eigenvalue weighted by atomic mass is 16.2. The van der Waals surface area contributed by atoms with Crippen molar-refractivity contribution in [1.82, 2.24) is 9.55 Å². The highest BCUT2D eigenvalue weighted by Gasteiger charge is 2.61. The van der Waals surface area contributed by atoms with Crippen LogP contribution in [-0.2, 0) is 11.3 Å². The zero-order chi connectivity index (χ0) is 21.9. The van der Waals surface area contributed by atoms with Crippen LogP contribution in [0.1, 0.15) is 67.2 Å². The van der Waals surface area contributed by atoms with Crippen LogP contribution >= 0.6 is 0 Å². The lowest BCUT2D eigenvalue weighted by molar-refractivity contribution is -0.120. The van der Waals surface area contributed by atoms with Gasteiger partial charge in [-0.05, 0) is 38.0 Å². The summed E-state index contributed by atoms with van der Waals surface area (Å²) < 4.78 is 1.37. The van der Waals surface area contributed by atoms with Gasteiger partial charge < -0.3 is 10.6 Å². The van der Waals surface area contributed by atoms with Gasteiger partial charge in [0.25, 0.3) is 5.56 Å². The molecule has 7 heteroatoms. The highest BCUT2D eigenvalue weighted by molar-refractivity contribution is 5.99. The normalized spacial score (nSPS) is 19.7. The molecular formula is C22H36N4O3. The van der Waals surface area contributed by atoms with Crippen LogP contribution in [-0.4, -0.2) is 22.0 Å². The number of carbonyl (C=O) groups excluding carboxylic acids is 1. The molecule has 1 heterocycles. The number of nitrogen functional groups attached to an aromatic ring is 1. The van der Waals surface area contributed by atoms with E-state index in [1.54, 1.807) is 0 Å². The molecule has 0 radical (unpaired) electrons. The molecule has 1 aromatic rings. The molecule has 1 fully saturated rings. The van der Waals surface area contributed by atoms with Crippen molar-refractivity contribution >= 4 is 17.4 Å². The number of carbonyl (C=O) groups is 1. The van der Waals surface area contributed by atoms with Crippen molar-refractivity contribution in [2.75, 3.05) is 17.2 Å². The summed E-state index contributed by atoms with van der Waals surface area (Å²) in [5, 5.41) is 0. The third-order valence-corrected chi connectivity index (χ3v) is 5.91. The lowest BCUT2D eigenvalue weighted by Gasteiger charge is -2.25. The van der Waals surface area contributed by atoms with Gasteiger partial charge in [-0.1, -0.05) is 52.2 Å². The first-order chi connectivity index (χ1) is 13.6. The van der Waals surface area contributed by atoms with Crippen molar-refractivity contribution in [2.45, 2.75) is 73.8 Å². The van der Waals surface area contributed by atoms with Gasteiger partial charge in [-0.25, -0.2) is 4.79 Å².